The summed E-state index contributed by atoms with van der Waals surface area (Å²) in [6.45, 7) is 5.54. The minimum absolute atomic E-state index is 0.237. The summed E-state index contributed by atoms with van der Waals surface area (Å²) in [5, 5.41) is 9.94. The first kappa shape index (κ1) is 12.3. The molecule has 1 aromatic rings. The first-order valence-corrected chi connectivity index (χ1v) is 5.87. The molecule has 0 unspecified atom stereocenters. The van der Waals surface area contributed by atoms with Crippen LogP contribution in [-0.4, -0.2) is 23.4 Å². The maximum absolute atomic E-state index is 9.94. The van der Waals surface area contributed by atoms with Crippen LogP contribution < -0.4 is 0 Å². The molecule has 0 amide bonds. The Kier molecular flexibility index (Phi) is 3.94. The zero-order valence-corrected chi connectivity index (χ0v) is 9.95. The fourth-order valence-corrected chi connectivity index (χ4v) is 1.98. The molecule has 1 fully saturated rings. The highest BCUT2D eigenvalue weighted by molar-refractivity contribution is 5.16. The van der Waals surface area contributed by atoms with Crippen LogP contribution in [0.15, 0.2) is 43.0 Å². The lowest BCUT2D eigenvalue weighted by Gasteiger charge is -2.38. The van der Waals surface area contributed by atoms with Gasteiger partial charge >= 0.3 is 0 Å². The van der Waals surface area contributed by atoms with Crippen molar-refractivity contribution in [2.24, 2.45) is 0 Å². The number of ether oxygens (including phenoxy) is 2. The minimum Gasteiger partial charge on any atom is -0.388 e. The third-order valence-corrected chi connectivity index (χ3v) is 2.97. The highest BCUT2D eigenvalue weighted by Gasteiger charge is 2.35. The van der Waals surface area contributed by atoms with Gasteiger partial charge in [-0.2, -0.15) is 0 Å². The Morgan fingerprint density at radius 1 is 1.29 bits per heavy atom. The van der Waals surface area contributed by atoms with E-state index in [1.54, 1.807) is 6.08 Å². The summed E-state index contributed by atoms with van der Waals surface area (Å²) in [7, 11) is 0. The molecule has 4 atom stereocenters. The fraction of sp³-hybridized carbons (Fsp3) is 0.429. The molecule has 1 aromatic carbocycles. The molecule has 0 radical (unpaired) electrons. The molecule has 0 aliphatic carbocycles. The van der Waals surface area contributed by atoms with Crippen molar-refractivity contribution < 1.29 is 14.6 Å². The molecule has 0 spiro atoms. The van der Waals surface area contributed by atoms with E-state index < -0.39 is 12.4 Å². The Hall–Kier alpha value is -1.16. The van der Waals surface area contributed by atoms with Crippen LogP contribution in [0.1, 0.15) is 25.2 Å². The lowest BCUT2D eigenvalue weighted by Crippen LogP contribution is -2.45. The zero-order chi connectivity index (χ0) is 12.3. The molecule has 92 valence electrons. The topological polar surface area (TPSA) is 38.7 Å². The number of aliphatic hydroxyl groups excluding tert-OH is 1. The van der Waals surface area contributed by atoms with E-state index in [4.69, 9.17) is 9.47 Å². The molecule has 1 heterocycles. The zero-order valence-electron chi connectivity index (χ0n) is 9.95. The van der Waals surface area contributed by atoms with E-state index in [1.807, 2.05) is 37.3 Å². The van der Waals surface area contributed by atoms with Gasteiger partial charge in [0.15, 0.2) is 6.29 Å². The second-order valence-electron chi connectivity index (χ2n) is 4.27. The van der Waals surface area contributed by atoms with E-state index in [-0.39, 0.29) is 12.2 Å². The van der Waals surface area contributed by atoms with Crippen LogP contribution in [0.25, 0.3) is 0 Å². The summed E-state index contributed by atoms with van der Waals surface area (Å²) in [6, 6.07) is 9.76. The SMILES string of the molecule is C=CC[C@H]1O[C@H](c2ccccc2)O[C@H](C)[C@@H]1O. The monoisotopic (exact) mass is 234 g/mol. The number of rotatable bonds is 3. The van der Waals surface area contributed by atoms with Gasteiger partial charge in [0.05, 0.1) is 12.2 Å². The van der Waals surface area contributed by atoms with E-state index >= 15 is 0 Å². The quantitative estimate of drug-likeness (QED) is 0.816. The van der Waals surface area contributed by atoms with E-state index in [9.17, 15) is 5.11 Å². The molecule has 17 heavy (non-hydrogen) atoms. The van der Waals surface area contributed by atoms with Gasteiger partial charge < -0.3 is 14.6 Å². The predicted molar refractivity (Wildman–Crippen MR) is 65.4 cm³/mol. The van der Waals surface area contributed by atoms with Gasteiger partial charge in [0.25, 0.3) is 0 Å². The number of hydrogen-bond donors (Lipinski definition) is 1. The first-order valence-electron chi connectivity index (χ1n) is 5.87. The molecular formula is C14H18O3. The molecule has 3 nitrogen and oxygen atoms in total. The summed E-state index contributed by atoms with van der Waals surface area (Å²) in [4.78, 5) is 0. The van der Waals surface area contributed by atoms with Crippen LogP contribution in [0.3, 0.4) is 0 Å². The highest BCUT2D eigenvalue weighted by Crippen LogP contribution is 2.31. The molecule has 1 aliphatic heterocycles. The van der Waals surface area contributed by atoms with Gasteiger partial charge in [-0.15, -0.1) is 6.58 Å². The maximum Gasteiger partial charge on any atom is 0.184 e. The molecule has 0 saturated carbocycles. The Morgan fingerprint density at radius 2 is 2.00 bits per heavy atom. The van der Waals surface area contributed by atoms with Crippen LogP contribution in [0.5, 0.6) is 0 Å². The molecule has 2 rings (SSSR count). The molecule has 0 aromatic heterocycles. The van der Waals surface area contributed by atoms with Crippen molar-refractivity contribution >= 4 is 0 Å². The van der Waals surface area contributed by atoms with Gasteiger partial charge in [0.2, 0.25) is 0 Å². The van der Waals surface area contributed by atoms with Gasteiger partial charge in [-0.1, -0.05) is 36.4 Å². The highest BCUT2D eigenvalue weighted by atomic mass is 16.7. The first-order chi connectivity index (χ1) is 8.22. The van der Waals surface area contributed by atoms with Gasteiger partial charge in [-0.25, -0.2) is 0 Å². The van der Waals surface area contributed by atoms with E-state index in [1.165, 1.54) is 0 Å². The third-order valence-electron chi connectivity index (χ3n) is 2.97. The predicted octanol–water partition coefficient (Wildman–Crippen LogP) is 2.43. The van der Waals surface area contributed by atoms with Gasteiger partial charge in [-0.05, 0) is 13.3 Å². The second-order valence-corrected chi connectivity index (χ2v) is 4.27. The Balaban J connectivity index is 2.13. The van der Waals surface area contributed by atoms with Crippen molar-refractivity contribution in [3.8, 4) is 0 Å². The second kappa shape index (κ2) is 5.45. The average Bonchev–Trinajstić information content (AvgIpc) is 2.36. The van der Waals surface area contributed by atoms with Crippen molar-refractivity contribution in [3.05, 3.63) is 48.6 Å². The van der Waals surface area contributed by atoms with Crippen LogP contribution in [0, 0.1) is 0 Å². The lowest BCUT2D eigenvalue weighted by atomic mass is 10.0. The summed E-state index contributed by atoms with van der Waals surface area (Å²) < 4.78 is 11.4. The van der Waals surface area contributed by atoms with Crippen molar-refractivity contribution in [3.63, 3.8) is 0 Å². The van der Waals surface area contributed by atoms with Crippen LogP contribution in [-0.2, 0) is 9.47 Å². The van der Waals surface area contributed by atoms with Crippen molar-refractivity contribution in [1.82, 2.24) is 0 Å². The number of aliphatic hydroxyl groups is 1. The lowest BCUT2D eigenvalue weighted by molar-refractivity contribution is -0.283. The van der Waals surface area contributed by atoms with Crippen molar-refractivity contribution in [2.45, 2.75) is 37.9 Å². The van der Waals surface area contributed by atoms with E-state index in [2.05, 4.69) is 6.58 Å². The fourth-order valence-electron chi connectivity index (χ4n) is 1.98. The number of hydrogen-bond acceptors (Lipinski definition) is 3. The summed E-state index contributed by atoms with van der Waals surface area (Å²) in [5.41, 5.74) is 0.973. The van der Waals surface area contributed by atoms with Crippen molar-refractivity contribution in [1.29, 1.82) is 0 Å². The average molecular weight is 234 g/mol. The van der Waals surface area contributed by atoms with Crippen LogP contribution in [0.2, 0.25) is 0 Å². The Labute approximate surface area is 102 Å². The Bertz CT molecular complexity index is 363. The molecule has 1 N–H and O–H groups in total. The van der Waals surface area contributed by atoms with E-state index in [0.717, 1.165) is 5.56 Å². The van der Waals surface area contributed by atoms with Crippen molar-refractivity contribution in [2.75, 3.05) is 0 Å². The van der Waals surface area contributed by atoms with Gasteiger partial charge in [0, 0.05) is 5.56 Å². The minimum atomic E-state index is -0.604. The summed E-state index contributed by atoms with van der Waals surface area (Å²) >= 11 is 0. The standard InChI is InChI=1S/C14H18O3/c1-3-7-12-13(15)10(2)16-14(17-12)11-8-5-4-6-9-11/h3-6,8-10,12-15H,1,7H2,2H3/t10-,12-,13+,14-/m1/s1. The molecular weight excluding hydrogens is 216 g/mol. The largest absolute Gasteiger partial charge is 0.388 e. The molecule has 0 bridgehead atoms. The number of benzene rings is 1. The third kappa shape index (κ3) is 2.75. The summed E-state index contributed by atoms with van der Waals surface area (Å²) in [5.74, 6) is 0. The van der Waals surface area contributed by atoms with E-state index in [0.29, 0.717) is 6.42 Å². The smallest absolute Gasteiger partial charge is 0.184 e. The van der Waals surface area contributed by atoms with Gasteiger partial charge in [0.1, 0.15) is 6.10 Å². The molecule has 3 heteroatoms. The normalized spacial score (nSPS) is 33.3. The maximum atomic E-state index is 9.94. The summed E-state index contributed by atoms with van der Waals surface area (Å²) in [6.07, 6.45) is 0.888. The molecule has 1 aliphatic rings. The Morgan fingerprint density at radius 3 is 2.65 bits per heavy atom. The van der Waals surface area contributed by atoms with Gasteiger partial charge in [-0.3, -0.25) is 0 Å². The van der Waals surface area contributed by atoms with Crippen LogP contribution in [0.4, 0.5) is 0 Å². The van der Waals surface area contributed by atoms with Crippen LogP contribution >= 0.6 is 0 Å². The molecule has 1 saturated heterocycles.